The van der Waals surface area contributed by atoms with Crippen molar-refractivity contribution in [1.82, 2.24) is 14.5 Å². The summed E-state index contributed by atoms with van der Waals surface area (Å²) >= 11 is 0. The monoisotopic (exact) mass is 835 g/mol. The molecule has 0 bridgehead atoms. The minimum Gasteiger partial charge on any atom is -0.507 e. The van der Waals surface area contributed by atoms with Gasteiger partial charge >= 0.3 is 0 Å². The van der Waals surface area contributed by atoms with Crippen LogP contribution in [0.3, 0.4) is 0 Å². The van der Waals surface area contributed by atoms with Crippen LogP contribution in [-0.4, -0.2) is 19.6 Å². The Morgan fingerprint density at radius 3 is 2.14 bits per heavy atom. The summed E-state index contributed by atoms with van der Waals surface area (Å²) in [6, 6.07) is 40.5. The van der Waals surface area contributed by atoms with Crippen LogP contribution in [-0.2, 0) is 31.9 Å². The molecule has 0 saturated heterocycles. The number of phenolic OH excluding ortho intramolecular Hbond substituents is 1. The number of furan rings is 1. The van der Waals surface area contributed by atoms with Gasteiger partial charge in [-0.3, -0.25) is 9.55 Å². The number of nitrogens with zero attached hydrogens (tertiary/aromatic N) is 3. The van der Waals surface area contributed by atoms with Crippen LogP contribution in [0.25, 0.3) is 72.4 Å². The summed E-state index contributed by atoms with van der Waals surface area (Å²) in [6.07, 6.45) is 1.97. The van der Waals surface area contributed by atoms with Crippen LogP contribution in [0.4, 0.5) is 0 Å². The number of phenols is 1. The maximum absolute atomic E-state index is 11.3. The molecule has 5 aromatic carbocycles. The SMILES string of the molecule is CC(C)(C)c1ccc(-c2[c-]c(-c3cccc4c3nc(-c3cc(C(C)(C)C)ccc3O)n4-c3ccccc3)c3oc4ccccc4c3c2)nc1.[Pt]. The first-order valence-electron chi connectivity index (χ1n) is 16.7. The predicted molar refractivity (Wildman–Crippen MR) is 200 cm³/mol. The Morgan fingerprint density at radius 2 is 1.42 bits per heavy atom. The molecule has 0 radical (unpaired) electrons. The fourth-order valence-electron chi connectivity index (χ4n) is 6.59. The van der Waals surface area contributed by atoms with Gasteiger partial charge in [-0.15, -0.1) is 12.1 Å². The van der Waals surface area contributed by atoms with Crippen molar-refractivity contribution < 1.29 is 30.6 Å². The smallest absolute Gasteiger partial charge is 0.148 e. The third-order valence-corrected chi connectivity index (χ3v) is 9.39. The average Bonchev–Trinajstić information content (AvgIpc) is 3.66. The standard InChI is InChI=1S/C44H38N3O2.Pt/c1-43(2,3)28-20-22-38(48)35(25-28)42-46-40-32(16-12-17-37(40)47(42)30-13-8-7-9-14-30)34-24-27(36-21-19-29(26-45-36)44(4,5)6)23-33-31-15-10-11-18-39(31)49-41(33)34;/h7-23,25-26,48H,1-6H3;/q-1;. The first-order chi connectivity index (χ1) is 23.5. The normalized spacial score (nSPS) is 12.1. The molecule has 8 aromatic rings. The van der Waals surface area contributed by atoms with Gasteiger partial charge in [0.2, 0.25) is 0 Å². The molecule has 5 nitrogen and oxygen atoms in total. The Balaban J connectivity index is 0.00000392. The Bertz CT molecular complexity index is 2510. The summed E-state index contributed by atoms with van der Waals surface area (Å²) in [7, 11) is 0. The van der Waals surface area contributed by atoms with Crippen LogP contribution in [0.2, 0.25) is 0 Å². The second kappa shape index (κ2) is 12.4. The first kappa shape index (κ1) is 33.5. The van der Waals surface area contributed by atoms with E-state index in [-0.39, 0.29) is 37.6 Å². The topological polar surface area (TPSA) is 64.1 Å². The second-order valence-corrected chi connectivity index (χ2v) is 14.8. The molecule has 3 heterocycles. The van der Waals surface area contributed by atoms with E-state index in [1.54, 1.807) is 6.07 Å². The third kappa shape index (κ3) is 5.74. The van der Waals surface area contributed by atoms with Crippen molar-refractivity contribution in [3.63, 3.8) is 0 Å². The zero-order chi connectivity index (χ0) is 34.1. The minimum absolute atomic E-state index is 0. The van der Waals surface area contributed by atoms with E-state index in [0.29, 0.717) is 11.4 Å². The largest absolute Gasteiger partial charge is 0.507 e. The van der Waals surface area contributed by atoms with Gasteiger partial charge in [0.15, 0.2) is 0 Å². The molecule has 8 rings (SSSR count). The molecule has 0 saturated carbocycles. The van der Waals surface area contributed by atoms with Crippen LogP contribution >= 0.6 is 0 Å². The number of aromatic hydroxyl groups is 1. The molecule has 50 heavy (non-hydrogen) atoms. The number of hydrogen-bond donors (Lipinski definition) is 1. The van der Waals surface area contributed by atoms with Gasteiger partial charge in [-0.1, -0.05) is 125 Å². The fourth-order valence-corrected chi connectivity index (χ4v) is 6.59. The second-order valence-electron chi connectivity index (χ2n) is 14.8. The molecule has 3 aromatic heterocycles. The third-order valence-electron chi connectivity index (χ3n) is 9.39. The Morgan fingerprint density at radius 1 is 0.700 bits per heavy atom. The summed E-state index contributed by atoms with van der Waals surface area (Å²) in [5.41, 5.74) is 10.5. The quantitative estimate of drug-likeness (QED) is 0.179. The molecule has 0 aliphatic carbocycles. The first-order valence-corrected chi connectivity index (χ1v) is 16.7. The van der Waals surface area contributed by atoms with Crippen molar-refractivity contribution >= 4 is 33.0 Å². The predicted octanol–water partition coefficient (Wildman–Crippen LogP) is 11.4. The van der Waals surface area contributed by atoms with E-state index < -0.39 is 0 Å². The van der Waals surface area contributed by atoms with Crippen molar-refractivity contribution in [2.75, 3.05) is 0 Å². The number of aromatic nitrogens is 3. The molecule has 0 aliphatic rings. The Labute approximate surface area is 306 Å². The number of hydrogen-bond acceptors (Lipinski definition) is 4. The molecule has 0 aliphatic heterocycles. The Hall–Kier alpha value is -4.99. The molecule has 6 heteroatoms. The molecule has 252 valence electrons. The molecular weight excluding hydrogens is 798 g/mol. The number of fused-ring (bicyclic) bond motifs is 4. The molecule has 0 amide bonds. The average molecular weight is 836 g/mol. The maximum atomic E-state index is 11.3. The van der Waals surface area contributed by atoms with Gasteiger partial charge in [-0.25, -0.2) is 4.98 Å². The molecule has 0 unspecified atom stereocenters. The summed E-state index contributed by atoms with van der Waals surface area (Å²) in [5, 5.41) is 13.3. The number of imidazole rings is 1. The van der Waals surface area contributed by atoms with Gasteiger partial charge in [0, 0.05) is 44.0 Å². The van der Waals surface area contributed by atoms with Gasteiger partial charge in [-0.05, 0) is 63.7 Å². The van der Waals surface area contributed by atoms with Gasteiger partial charge < -0.3 is 9.52 Å². The van der Waals surface area contributed by atoms with Crippen molar-refractivity contribution in [2.24, 2.45) is 0 Å². The number of benzene rings is 5. The van der Waals surface area contributed by atoms with E-state index in [0.717, 1.165) is 66.6 Å². The van der Waals surface area contributed by atoms with Crippen LogP contribution < -0.4 is 0 Å². The molecule has 1 N–H and O–H groups in total. The number of rotatable bonds is 4. The molecular formula is C44H38N3O2Pt-. The van der Waals surface area contributed by atoms with E-state index in [2.05, 4.69) is 113 Å². The van der Waals surface area contributed by atoms with Crippen LogP contribution in [0.1, 0.15) is 52.7 Å². The minimum atomic E-state index is -0.112. The van der Waals surface area contributed by atoms with E-state index >= 15 is 0 Å². The van der Waals surface area contributed by atoms with E-state index in [1.807, 2.05) is 48.7 Å². The van der Waals surface area contributed by atoms with E-state index in [9.17, 15) is 5.11 Å². The zero-order valence-electron chi connectivity index (χ0n) is 29.0. The molecule has 0 atom stereocenters. The van der Waals surface area contributed by atoms with Crippen molar-refractivity contribution in [3.8, 4) is 45.2 Å². The summed E-state index contributed by atoms with van der Waals surface area (Å²) in [4.78, 5) is 10.3. The van der Waals surface area contributed by atoms with Crippen molar-refractivity contribution in [3.05, 3.63) is 133 Å². The van der Waals surface area contributed by atoms with Crippen molar-refractivity contribution in [1.29, 1.82) is 0 Å². The van der Waals surface area contributed by atoms with Crippen LogP contribution in [0.5, 0.6) is 5.75 Å². The number of pyridine rings is 1. The number of para-hydroxylation sites is 3. The van der Waals surface area contributed by atoms with Crippen molar-refractivity contribution in [2.45, 2.75) is 52.4 Å². The summed E-state index contributed by atoms with van der Waals surface area (Å²) in [5.74, 6) is 0.841. The van der Waals surface area contributed by atoms with Crippen LogP contribution in [0.15, 0.2) is 120 Å². The maximum Gasteiger partial charge on any atom is 0.148 e. The van der Waals surface area contributed by atoms with Gasteiger partial charge in [-0.2, -0.15) is 0 Å². The van der Waals surface area contributed by atoms with Gasteiger partial charge in [0.1, 0.15) is 17.2 Å². The summed E-state index contributed by atoms with van der Waals surface area (Å²) in [6.45, 7) is 13.1. The van der Waals surface area contributed by atoms with E-state index in [4.69, 9.17) is 14.4 Å². The van der Waals surface area contributed by atoms with Gasteiger partial charge in [0.25, 0.3) is 0 Å². The molecule has 0 spiro atoms. The van der Waals surface area contributed by atoms with E-state index in [1.165, 1.54) is 5.56 Å². The van der Waals surface area contributed by atoms with Crippen LogP contribution in [0, 0.1) is 6.07 Å². The molecule has 0 fully saturated rings. The fraction of sp³-hybridized carbons (Fsp3) is 0.182. The van der Waals surface area contributed by atoms with Gasteiger partial charge in [0.05, 0.1) is 22.2 Å². The Kier molecular flexibility index (Phi) is 8.31. The zero-order valence-corrected chi connectivity index (χ0v) is 31.3. The summed E-state index contributed by atoms with van der Waals surface area (Å²) < 4.78 is 8.73.